The highest BCUT2D eigenvalue weighted by molar-refractivity contribution is 7.47. The minimum atomic E-state index is -4.35. The minimum absolute atomic E-state index is 0.0356. The van der Waals surface area contributed by atoms with E-state index in [1.165, 1.54) is 96.3 Å². The third-order valence-electron chi connectivity index (χ3n) is 8.14. The van der Waals surface area contributed by atoms with Crippen LogP contribution in [0, 0.1) is 0 Å². The number of hydrogen-bond acceptors (Lipinski definition) is 7. The van der Waals surface area contributed by atoms with Gasteiger partial charge in [-0.1, -0.05) is 142 Å². The summed E-state index contributed by atoms with van der Waals surface area (Å²) in [6.07, 6.45) is 26.4. The molecule has 0 aliphatic carbocycles. The van der Waals surface area contributed by atoms with Gasteiger partial charge in [-0.25, -0.2) is 4.57 Å². The number of carbonyl (C=O) groups is 2. The molecule has 1 unspecified atom stereocenters. The zero-order chi connectivity index (χ0) is 34.4. The number of quaternary nitrogens is 1. The summed E-state index contributed by atoms with van der Waals surface area (Å²) in [5, 5.41) is 0. The fourth-order valence-electron chi connectivity index (χ4n) is 5.13. The van der Waals surface area contributed by atoms with Crippen LogP contribution in [0.15, 0.2) is 0 Å². The number of rotatable bonds is 34. The van der Waals surface area contributed by atoms with Crippen molar-refractivity contribution in [1.82, 2.24) is 0 Å². The molecule has 9 nitrogen and oxygen atoms in total. The van der Waals surface area contributed by atoms with Crippen LogP contribution in [0.2, 0.25) is 0 Å². The first kappa shape index (κ1) is 45.0. The van der Waals surface area contributed by atoms with Crippen LogP contribution in [0.25, 0.3) is 0 Å². The number of ether oxygens (including phenoxy) is 2. The quantitative estimate of drug-likeness (QED) is 0.0310. The zero-order valence-electron chi connectivity index (χ0n) is 30.6. The van der Waals surface area contributed by atoms with Crippen LogP contribution >= 0.6 is 7.82 Å². The summed E-state index contributed by atoms with van der Waals surface area (Å²) in [4.78, 5) is 34.8. The van der Waals surface area contributed by atoms with Gasteiger partial charge in [-0.15, -0.1) is 0 Å². The fraction of sp³-hybridized carbons (Fsp3) is 0.944. The van der Waals surface area contributed by atoms with E-state index in [4.69, 9.17) is 18.5 Å². The predicted molar refractivity (Wildman–Crippen MR) is 188 cm³/mol. The molecule has 10 heteroatoms. The summed E-state index contributed by atoms with van der Waals surface area (Å²) in [5.41, 5.74) is 0. The number of phosphoric acid groups is 1. The largest absolute Gasteiger partial charge is 0.472 e. The molecule has 0 aliphatic rings. The van der Waals surface area contributed by atoms with E-state index in [0.717, 1.165) is 44.9 Å². The van der Waals surface area contributed by atoms with E-state index >= 15 is 0 Å². The Morgan fingerprint density at radius 2 is 0.978 bits per heavy atom. The van der Waals surface area contributed by atoms with Gasteiger partial charge < -0.3 is 18.9 Å². The molecule has 0 bridgehead atoms. The van der Waals surface area contributed by atoms with Crippen molar-refractivity contribution in [3.8, 4) is 0 Å². The number of nitrogens with zero attached hydrogens (tertiary/aromatic N) is 1. The number of carbonyl (C=O) groups excluding carboxylic acids is 2. The molecule has 0 aromatic rings. The molecule has 0 heterocycles. The van der Waals surface area contributed by atoms with Gasteiger partial charge >= 0.3 is 19.8 Å². The highest BCUT2D eigenvalue weighted by Gasteiger charge is 2.27. The van der Waals surface area contributed by atoms with Gasteiger partial charge in [0.25, 0.3) is 0 Å². The van der Waals surface area contributed by atoms with Gasteiger partial charge in [0, 0.05) is 12.8 Å². The zero-order valence-corrected chi connectivity index (χ0v) is 31.5. The van der Waals surface area contributed by atoms with Gasteiger partial charge in [0.15, 0.2) is 6.10 Å². The Labute approximate surface area is 283 Å². The maximum Gasteiger partial charge on any atom is 0.472 e. The average molecular weight is 679 g/mol. The molecule has 0 saturated heterocycles. The summed E-state index contributed by atoms with van der Waals surface area (Å²) >= 11 is 0. The molecule has 0 aromatic carbocycles. The van der Waals surface area contributed by atoms with Crippen molar-refractivity contribution in [2.45, 2.75) is 174 Å². The van der Waals surface area contributed by atoms with Crippen LogP contribution in [0.5, 0.6) is 0 Å². The molecular weight excluding hydrogens is 605 g/mol. The van der Waals surface area contributed by atoms with Crippen molar-refractivity contribution in [2.75, 3.05) is 47.5 Å². The van der Waals surface area contributed by atoms with Crippen LogP contribution < -0.4 is 0 Å². The lowest BCUT2D eigenvalue weighted by molar-refractivity contribution is -0.870. The molecule has 0 radical (unpaired) electrons. The van der Waals surface area contributed by atoms with E-state index < -0.39 is 26.5 Å². The molecule has 0 amide bonds. The number of esters is 2. The molecule has 0 fully saturated rings. The first-order valence-electron chi connectivity index (χ1n) is 18.8. The molecule has 0 rings (SSSR count). The van der Waals surface area contributed by atoms with E-state index in [0.29, 0.717) is 11.0 Å². The number of likely N-dealkylation sites (N-methyl/N-ethyl adjacent to an activating group) is 1. The molecule has 0 aliphatic heterocycles. The van der Waals surface area contributed by atoms with E-state index in [1.807, 2.05) is 21.1 Å². The third kappa shape index (κ3) is 32.9. The van der Waals surface area contributed by atoms with E-state index in [9.17, 15) is 19.0 Å². The average Bonchev–Trinajstić information content (AvgIpc) is 2.99. The summed E-state index contributed by atoms with van der Waals surface area (Å²) < 4.78 is 33.9. The summed E-state index contributed by atoms with van der Waals surface area (Å²) in [6.45, 7) is 4.30. The molecule has 0 spiro atoms. The van der Waals surface area contributed by atoms with Crippen LogP contribution in [0.1, 0.15) is 168 Å². The lowest BCUT2D eigenvalue weighted by Gasteiger charge is -2.24. The van der Waals surface area contributed by atoms with E-state index in [2.05, 4.69) is 13.8 Å². The molecule has 46 heavy (non-hydrogen) atoms. The Balaban J connectivity index is 4.17. The Hall–Kier alpha value is -0.990. The Bertz CT molecular complexity index is 774. The van der Waals surface area contributed by atoms with Gasteiger partial charge in [-0.2, -0.15) is 0 Å². The second-order valence-corrected chi connectivity index (χ2v) is 15.4. The number of hydrogen-bond donors (Lipinski definition) is 1. The van der Waals surface area contributed by atoms with Crippen LogP contribution in [0.3, 0.4) is 0 Å². The van der Waals surface area contributed by atoms with Gasteiger partial charge in [-0.05, 0) is 12.8 Å². The maximum absolute atomic E-state index is 12.5. The van der Waals surface area contributed by atoms with Crippen molar-refractivity contribution in [3.05, 3.63) is 0 Å². The van der Waals surface area contributed by atoms with Crippen molar-refractivity contribution >= 4 is 19.8 Å². The lowest BCUT2D eigenvalue weighted by Crippen LogP contribution is -2.37. The smallest absolute Gasteiger partial charge is 0.462 e. The van der Waals surface area contributed by atoms with Gasteiger partial charge in [0.1, 0.15) is 19.8 Å². The SMILES string of the molecule is CCCCCCCCCCCCCCCCCCCCC(=O)O[C@H](COC(=O)CCCCCC)COP(=O)(O)OCC[N+](C)(C)C. The fourth-order valence-corrected chi connectivity index (χ4v) is 5.87. The molecule has 2 atom stereocenters. The highest BCUT2D eigenvalue weighted by atomic mass is 31.2. The Morgan fingerprint density at radius 3 is 1.41 bits per heavy atom. The van der Waals surface area contributed by atoms with Gasteiger partial charge in [-0.3, -0.25) is 18.6 Å². The Morgan fingerprint density at radius 1 is 0.587 bits per heavy atom. The second-order valence-electron chi connectivity index (χ2n) is 14.0. The number of phosphoric ester groups is 1. The molecular formula is C36H73NO8P+. The maximum atomic E-state index is 12.5. The van der Waals surface area contributed by atoms with Crippen LogP contribution in [0.4, 0.5) is 0 Å². The molecule has 1 N–H and O–H groups in total. The lowest BCUT2D eigenvalue weighted by atomic mass is 10.0. The van der Waals surface area contributed by atoms with Crippen molar-refractivity contribution < 1.29 is 42.1 Å². The van der Waals surface area contributed by atoms with Crippen molar-refractivity contribution in [1.29, 1.82) is 0 Å². The summed E-state index contributed by atoms with van der Waals surface area (Å²) in [5.74, 6) is -0.810. The predicted octanol–water partition coefficient (Wildman–Crippen LogP) is 9.68. The second kappa shape index (κ2) is 30.1. The van der Waals surface area contributed by atoms with Gasteiger partial charge in [0.05, 0.1) is 27.7 Å². The first-order chi connectivity index (χ1) is 22.0. The highest BCUT2D eigenvalue weighted by Crippen LogP contribution is 2.43. The van der Waals surface area contributed by atoms with Crippen molar-refractivity contribution in [3.63, 3.8) is 0 Å². The monoisotopic (exact) mass is 679 g/mol. The first-order valence-corrected chi connectivity index (χ1v) is 20.3. The topological polar surface area (TPSA) is 108 Å². The van der Waals surface area contributed by atoms with Crippen molar-refractivity contribution in [2.24, 2.45) is 0 Å². The standard InChI is InChI=1S/C36H72NO8P/c1-6-8-10-12-13-14-15-16-17-18-19-20-21-22-23-24-25-27-29-36(39)45-34(32-42-35(38)28-26-11-9-7-2)33-44-46(40,41)43-31-30-37(3,4)5/h34H,6-33H2,1-5H3/p+1/t34-/m1/s1. The normalized spacial score (nSPS) is 13.8. The molecule has 0 saturated carbocycles. The molecule has 0 aromatic heterocycles. The minimum Gasteiger partial charge on any atom is -0.462 e. The van der Waals surface area contributed by atoms with E-state index in [-0.39, 0.29) is 32.0 Å². The van der Waals surface area contributed by atoms with Crippen LogP contribution in [-0.4, -0.2) is 74.9 Å². The van der Waals surface area contributed by atoms with Gasteiger partial charge in [0.2, 0.25) is 0 Å². The Kier molecular flexibility index (Phi) is 29.4. The molecule has 274 valence electrons. The van der Waals surface area contributed by atoms with Crippen LogP contribution in [-0.2, 0) is 32.7 Å². The number of unbranched alkanes of at least 4 members (excludes halogenated alkanes) is 20. The summed E-state index contributed by atoms with van der Waals surface area (Å²) in [7, 11) is 1.48. The van der Waals surface area contributed by atoms with E-state index in [1.54, 1.807) is 0 Å². The third-order valence-corrected chi connectivity index (χ3v) is 9.12. The summed E-state index contributed by atoms with van der Waals surface area (Å²) in [6, 6.07) is 0.